The molecule has 1 aromatic rings. The van der Waals surface area contributed by atoms with Gasteiger partial charge >= 0.3 is 12.3 Å². The van der Waals surface area contributed by atoms with Crippen LogP contribution >= 0.6 is 0 Å². The van der Waals surface area contributed by atoms with E-state index >= 15 is 0 Å². The third kappa shape index (κ3) is 5.96. The zero-order chi connectivity index (χ0) is 16.0. The van der Waals surface area contributed by atoms with Gasteiger partial charge in [-0.3, -0.25) is 0 Å². The second kappa shape index (κ2) is 7.69. The van der Waals surface area contributed by atoms with E-state index in [1.54, 1.807) is 4.68 Å². The number of rotatable bonds is 9. The lowest BCUT2D eigenvalue weighted by atomic mass is 10.2. The predicted octanol–water partition coefficient (Wildman–Crippen LogP) is 1.75. The van der Waals surface area contributed by atoms with E-state index in [-0.39, 0.29) is 6.42 Å². The maximum atomic E-state index is 12.6. The fourth-order valence-electron chi connectivity index (χ4n) is 1.61. The van der Waals surface area contributed by atoms with Crippen molar-refractivity contribution in [3.05, 3.63) is 12.2 Å². The molecule has 0 aliphatic rings. The van der Waals surface area contributed by atoms with Crippen LogP contribution in [-0.4, -0.2) is 51.5 Å². The van der Waals surface area contributed by atoms with E-state index in [2.05, 4.69) is 14.8 Å². The number of aromatic nitrogens is 3. The van der Waals surface area contributed by atoms with E-state index in [9.17, 15) is 22.7 Å². The summed E-state index contributed by atoms with van der Waals surface area (Å²) < 4.78 is 55.1. The molecule has 1 rings (SSSR count). The third-order valence-electron chi connectivity index (χ3n) is 2.58. The monoisotopic (exact) mass is 313 g/mol. The Bertz CT molecular complexity index is 426. The molecule has 0 aliphatic carbocycles. The lowest BCUT2D eigenvalue weighted by Crippen LogP contribution is -2.34. The molecule has 0 bridgehead atoms. The van der Waals surface area contributed by atoms with Crippen LogP contribution in [0.2, 0.25) is 0 Å². The molecule has 5 nitrogen and oxygen atoms in total. The molecule has 1 unspecified atom stereocenters. The number of alkyl halides is 4. The second-order valence-electron chi connectivity index (χ2n) is 5.19. The largest absolute Gasteiger partial charge is 0.390 e. The van der Waals surface area contributed by atoms with Crippen LogP contribution in [0.5, 0.6) is 0 Å². The molecule has 1 aromatic heterocycles. The van der Waals surface area contributed by atoms with Crippen molar-refractivity contribution in [3.63, 3.8) is 0 Å². The Labute approximate surface area is 119 Å². The van der Waals surface area contributed by atoms with E-state index in [0.29, 0.717) is 18.3 Å². The minimum absolute atomic E-state index is 0.0486. The molecule has 0 amide bonds. The van der Waals surface area contributed by atoms with Crippen LogP contribution in [0.1, 0.15) is 19.7 Å². The molecule has 0 aromatic carbocycles. The zero-order valence-electron chi connectivity index (χ0n) is 11.8. The molecule has 0 aliphatic heterocycles. The number of aliphatic hydroxyl groups is 1. The lowest BCUT2D eigenvalue weighted by molar-refractivity contribution is -0.170. The first-order valence-corrected chi connectivity index (χ1v) is 6.51. The second-order valence-corrected chi connectivity index (χ2v) is 5.19. The summed E-state index contributed by atoms with van der Waals surface area (Å²) in [7, 11) is 0. The van der Waals surface area contributed by atoms with E-state index in [4.69, 9.17) is 0 Å². The zero-order valence-corrected chi connectivity index (χ0v) is 11.8. The van der Waals surface area contributed by atoms with Crippen LogP contribution in [0, 0.1) is 5.92 Å². The summed E-state index contributed by atoms with van der Waals surface area (Å²) in [6.45, 7) is 2.67. The SMILES string of the molecule is CC(C)Cn1ncnc1CC(O)COCC(F)(F)C(F)F. The van der Waals surface area contributed by atoms with Crippen molar-refractivity contribution in [2.24, 2.45) is 5.92 Å². The highest BCUT2D eigenvalue weighted by Gasteiger charge is 2.41. The molecular formula is C12H19F4N3O2. The number of aliphatic hydroxyl groups excluding tert-OH is 1. The van der Waals surface area contributed by atoms with E-state index in [1.807, 2.05) is 13.8 Å². The van der Waals surface area contributed by atoms with E-state index < -0.39 is 31.7 Å². The van der Waals surface area contributed by atoms with Gasteiger partial charge in [-0.25, -0.2) is 18.4 Å². The highest BCUT2D eigenvalue weighted by Crippen LogP contribution is 2.22. The Kier molecular flexibility index (Phi) is 6.53. The summed E-state index contributed by atoms with van der Waals surface area (Å²) in [5, 5.41) is 13.7. The van der Waals surface area contributed by atoms with Crippen molar-refractivity contribution in [3.8, 4) is 0 Å². The van der Waals surface area contributed by atoms with Gasteiger partial charge in [-0.1, -0.05) is 13.8 Å². The molecule has 0 saturated carbocycles. The van der Waals surface area contributed by atoms with Gasteiger partial charge in [0.15, 0.2) is 0 Å². The topological polar surface area (TPSA) is 60.2 Å². The van der Waals surface area contributed by atoms with Gasteiger partial charge in [0.05, 0.1) is 12.7 Å². The Morgan fingerprint density at radius 1 is 1.38 bits per heavy atom. The van der Waals surface area contributed by atoms with Crippen LogP contribution in [0.15, 0.2) is 6.33 Å². The van der Waals surface area contributed by atoms with Gasteiger partial charge in [-0.15, -0.1) is 0 Å². The maximum Gasteiger partial charge on any atom is 0.330 e. The number of halogens is 4. The minimum atomic E-state index is -4.21. The standard InChI is InChI=1S/C12H19F4N3O2/c1-8(2)4-19-10(17-7-18-19)3-9(20)5-21-6-12(15,16)11(13)14/h7-9,11,20H,3-6H2,1-2H3. The molecule has 0 fully saturated rings. The summed E-state index contributed by atoms with van der Waals surface area (Å²) in [5.41, 5.74) is 0. The molecule has 0 spiro atoms. The van der Waals surface area contributed by atoms with Crippen molar-refractivity contribution in [2.45, 2.75) is 45.3 Å². The normalized spacial score (nSPS) is 14.1. The third-order valence-corrected chi connectivity index (χ3v) is 2.58. The summed E-state index contributed by atoms with van der Waals surface area (Å²) in [4.78, 5) is 3.96. The molecule has 9 heteroatoms. The average Bonchev–Trinajstić information content (AvgIpc) is 2.75. The van der Waals surface area contributed by atoms with Gasteiger partial charge in [0.1, 0.15) is 18.8 Å². The van der Waals surface area contributed by atoms with Crippen LogP contribution in [-0.2, 0) is 17.7 Å². The summed E-state index contributed by atoms with van der Waals surface area (Å²) in [5.74, 6) is -3.40. The summed E-state index contributed by atoms with van der Waals surface area (Å²) in [6.07, 6.45) is -3.53. The molecule has 21 heavy (non-hydrogen) atoms. The molecule has 1 N–H and O–H groups in total. The average molecular weight is 313 g/mol. The van der Waals surface area contributed by atoms with Gasteiger partial charge < -0.3 is 9.84 Å². The van der Waals surface area contributed by atoms with Gasteiger partial charge in [0.25, 0.3) is 0 Å². The molecule has 0 saturated heterocycles. The quantitative estimate of drug-likeness (QED) is 0.706. The molecule has 0 radical (unpaired) electrons. The number of nitrogens with zero attached hydrogens (tertiary/aromatic N) is 3. The number of ether oxygens (including phenoxy) is 1. The van der Waals surface area contributed by atoms with Gasteiger partial charge in [-0.05, 0) is 5.92 Å². The Hall–Kier alpha value is -1.22. The highest BCUT2D eigenvalue weighted by atomic mass is 19.3. The first-order valence-electron chi connectivity index (χ1n) is 6.51. The fourth-order valence-corrected chi connectivity index (χ4v) is 1.61. The van der Waals surface area contributed by atoms with Crippen LogP contribution in [0.4, 0.5) is 17.6 Å². The van der Waals surface area contributed by atoms with Crippen molar-refractivity contribution in [2.75, 3.05) is 13.2 Å². The maximum absolute atomic E-state index is 12.6. The highest BCUT2D eigenvalue weighted by molar-refractivity contribution is 4.88. The first-order chi connectivity index (χ1) is 9.72. The van der Waals surface area contributed by atoms with Crippen LogP contribution in [0.25, 0.3) is 0 Å². The molecule has 1 heterocycles. The predicted molar refractivity (Wildman–Crippen MR) is 66.3 cm³/mol. The Balaban J connectivity index is 2.41. The van der Waals surface area contributed by atoms with Gasteiger partial charge in [-0.2, -0.15) is 13.9 Å². The molecule has 122 valence electrons. The smallest absolute Gasteiger partial charge is 0.330 e. The van der Waals surface area contributed by atoms with Crippen LogP contribution in [0.3, 0.4) is 0 Å². The minimum Gasteiger partial charge on any atom is -0.390 e. The number of hydrogen-bond donors (Lipinski definition) is 1. The fraction of sp³-hybridized carbons (Fsp3) is 0.833. The summed E-state index contributed by atoms with van der Waals surface area (Å²) in [6, 6.07) is 0. The Morgan fingerprint density at radius 3 is 2.62 bits per heavy atom. The Morgan fingerprint density at radius 2 is 2.05 bits per heavy atom. The van der Waals surface area contributed by atoms with Crippen molar-refractivity contribution >= 4 is 0 Å². The summed E-state index contributed by atoms with van der Waals surface area (Å²) >= 11 is 0. The molecular weight excluding hydrogens is 294 g/mol. The molecule has 1 atom stereocenters. The van der Waals surface area contributed by atoms with E-state index in [1.165, 1.54) is 6.33 Å². The number of hydrogen-bond acceptors (Lipinski definition) is 4. The van der Waals surface area contributed by atoms with E-state index in [0.717, 1.165) is 0 Å². The van der Waals surface area contributed by atoms with Gasteiger partial charge in [0.2, 0.25) is 0 Å². The lowest BCUT2D eigenvalue weighted by Gasteiger charge is -2.17. The first kappa shape index (κ1) is 17.8. The van der Waals surface area contributed by atoms with Gasteiger partial charge in [0, 0.05) is 13.0 Å². The van der Waals surface area contributed by atoms with Crippen LogP contribution < -0.4 is 0 Å². The van der Waals surface area contributed by atoms with Crippen molar-refractivity contribution in [1.82, 2.24) is 14.8 Å². The van der Waals surface area contributed by atoms with Crippen molar-refractivity contribution < 1.29 is 27.4 Å². The van der Waals surface area contributed by atoms with Crippen molar-refractivity contribution in [1.29, 1.82) is 0 Å².